The van der Waals surface area contributed by atoms with E-state index in [1.54, 1.807) is 0 Å². The van der Waals surface area contributed by atoms with Gasteiger partial charge in [0.15, 0.2) is 12.1 Å². The number of benzene rings is 1. The minimum absolute atomic E-state index is 0.339. The van der Waals surface area contributed by atoms with Gasteiger partial charge in [-0.25, -0.2) is 0 Å². The maximum Gasteiger partial charge on any atom is 0.187 e. The zero-order valence-electron chi connectivity index (χ0n) is 14.1. The summed E-state index contributed by atoms with van der Waals surface area (Å²) < 4.78 is 24.4. The van der Waals surface area contributed by atoms with Crippen molar-refractivity contribution in [3.05, 3.63) is 35.9 Å². The summed E-state index contributed by atoms with van der Waals surface area (Å²) in [4.78, 5) is 0. The molecule has 24 heavy (non-hydrogen) atoms. The zero-order valence-corrected chi connectivity index (χ0v) is 14.1. The predicted molar refractivity (Wildman–Crippen MR) is 87.1 cm³/mol. The van der Waals surface area contributed by atoms with Gasteiger partial charge < -0.3 is 24.1 Å². The van der Waals surface area contributed by atoms with E-state index in [0.29, 0.717) is 6.61 Å². The Hall–Kier alpha value is -0.980. The summed E-state index contributed by atoms with van der Waals surface area (Å²) in [6.07, 6.45) is 2.87. The van der Waals surface area contributed by atoms with E-state index in [-0.39, 0.29) is 18.3 Å². The molecule has 0 radical (unpaired) electrons. The minimum atomic E-state index is -0.687. The first-order valence-electron chi connectivity index (χ1n) is 9.02. The van der Waals surface area contributed by atoms with E-state index in [9.17, 15) is 5.11 Å². The minimum Gasteiger partial charge on any atom is -0.388 e. The number of aliphatic hydroxyl groups is 1. The number of fused-ring (bicyclic) bond motifs is 1. The van der Waals surface area contributed by atoms with Crippen molar-refractivity contribution in [3.8, 4) is 0 Å². The standard InChI is InChI=1S/C19H26O5/c1-13-15(20)16-17(24-19(23-16)10-6-3-7-11-19)18(22-13)21-12-14-8-4-2-5-9-14/h2,4-5,8-9,13,15-18,20H,3,6-7,10-12H2,1H3/t13-,15-,16+,17+,18+/m0/s1. The van der Waals surface area contributed by atoms with Crippen molar-refractivity contribution in [1.29, 1.82) is 0 Å². The van der Waals surface area contributed by atoms with Crippen molar-refractivity contribution < 1.29 is 24.1 Å². The van der Waals surface area contributed by atoms with Crippen LogP contribution in [0.1, 0.15) is 44.6 Å². The molecular weight excluding hydrogens is 308 g/mol. The zero-order chi connectivity index (χ0) is 16.6. The second kappa shape index (κ2) is 6.73. The molecule has 2 aliphatic heterocycles. The lowest BCUT2D eigenvalue weighted by molar-refractivity contribution is -0.276. The van der Waals surface area contributed by atoms with E-state index in [0.717, 1.165) is 31.2 Å². The Kier molecular flexibility index (Phi) is 4.62. The molecule has 0 amide bonds. The van der Waals surface area contributed by atoms with Crippen LogP contribution >= 0.6 is 0 Å². The van der Waals surface area contributed by atoms with Crippen LogP contribution in [0.15, 0.2) is 30.3 Å². The molecule has 0 aromatic heterocycles. The molecule has 4 rings (SSSR count). The third-order valence-electron chi connectivity index (χ3n) is 5.33. The highest BCUT2D eigenvalue weighted by Gasteiger charge is 2.57. The second-order valence-electron chi connectivity index (χ2n) is 7.13. The highest BCUT2D eigenvalue weighted by Crippen LogP contribution is 2.45. The molecule has 5 atom stereocenters. The maximum absolute atomic E-state index is 10.5. The molecule has 5 nitrogen and oxygen atoms in total. The topological polar surface area (TPSA) is 57.2 Å². The van der Waals surface area contributed by atoms with E-state index in [1.807, 2.05) is 37.3 Å². The molecule has 1 aromatic carbocycles. The lowest BCUT2D eigenvalue weighted by Gasteiger charge is -2.38. The number of hydrogen-bond acceptors (Lipinski definition) is 5. The maximum atomic E-state index is 10.5. The van der Waals surface area contributed by atoms with Crippen LogP contribution < -0.4 is 0 Å². The van der Waals surface area contributed by atoms with Crippen molar-refractivity contribution in [2.24, 2.45) is 0 Å². The first kappa shape index (κ1) is 16.5. The lowest BCUT2D eigenvalue weighted by atomic mass is 9.94. The fraction of sp³-hybridized carbons (Fsp3) is 0.684. The molecule has 2 heterocycles. The Bertz CT molecular complexity index is 542. The SMILES string of the molecule is C[C@@H]1O[C@@H](OCc2ccccc2)[C@@H]2OC3(CCCCC3)O[C@@H]2[C@H]1O. The summed E-state index contributed by atoms with van der Waals surface area (Å²) in [6.45, 7) is 2.31. The van der Waals surface area contributed by atoms with Gasteiger partial charge in [-0.1, -0.05) is 36.8 Å². The van der Waals surface area contributed by atoms with Crippen LogP contribution in [-0.4, -0.2) is 41.6 Å². The summed E-state index contributed by atoms with van der Waals surface area (Å²) in [5.41, 5.74) is 1.09. The third kappa shape index (κ3) is 3.11. The second-order valence-corrected chi connectivity index (χ2v) is 7.13. The number of ether oxygens (including phenoxy) is 4. The summed E-state index contributed by atoms with van der Waals surface area (Å²) >= 11 is 0. The highest BCUT2D eigenvalue weighted by molar-refractivity contribution is 5.13. The molecule has 3 aliphatic rings. The van der Waals surface area contributed by atoms with Gasteiger partial charge >= 0.3 is 0 Å². The van der Waals surface area contributed by atoms with Crippen molar-refractivity contribution in [3.63, 3.8) is 0 Å². The highest BCUT2D eigenvalue weighted by atomic mass is 16.8. The quantitative estimate of drug-likeness (QED) is 0.921. The molecule has 1 aromatic rings. The molecule has 0 bridgehead atoms. The van der Waals surface area contributed by atoms with Crippen molar-refractivity contribution in [2.75, 3.05) is 0 Å². The Morgan fingerprint density at radius 1 is 1.08 bits per heavy atom. The smallest absolute Gasteiger partial charge is 0.187 e. The Balaban J connectivity index is 1.48. The third-order valence-corrected chi connectivity index (χ3v) is 5.33. The van der Waals surface area contributed by atoms with Gasteiger partial charge in [0.1, 0.15) is 18.3 Å². The van der Waals surface area contributed by atoms with E-state index >= 15 is 0 Å². The molecule has 2 saturated heterocycles. The molecule has 1 N–H and O–H groups in total. The van der Waals surface area contributed by atoms with Gasteiger partial charge in [0.25, 0.3) is 0 Å². The summed E-state index contributed by atoms with van der Waals surface area (Å²) in [5, 5.41) is 10.5. The molecule has 1 aliphatic carbocycles. The molecule has 5 heteroatoms. The van der Waals surface area contributed by atoms with E-state index in [1.165, 1.54) is 6.42 Å². The van der Waals surface area contributed by atoms with Crippen LogP contribution in [0.25, 0.3) is 0 Å². The van der Waals surface area contributed by atoms with Gasteiger partial charge in [-0.15, -0.1) is 0 Å². The van der Waals surface area contributed by atoms with Gasteiger partial charge in [0.05, 0.1) is 12.7 Å². The van der Waals surface area contributed by atoms with Crippen LogP contribution in [-0.2, 0) is 25.6 Å². The Labute approximate surface area is 142 Å². The average Bonchev–Trinajstić information content (AvgIpc) is 2.98. The van der Waals surface area contributed by atoms with E-state index in [4.69, 9.17) is 18.9 Å². The first-order chi connectivity index (χ1) is 11.7. The predicted octanol–water partition coefficient (Wildman–Crippen LogP) is 2.75. The number of rotatable bonds is 3. The summed E-state index contributed by atoms with van der Waals surface area (Å²) in [5.74, 6) is -0.559. The van der Waals surface area contributed by atoms with Crippen LogP contribution in [0.5, 0.6) is 0 Å². The average molecular weight is 334 g/mol. The van der Waals surface area contributed by atoms with Crippen LogP contribution in [0.4, 0.5) is 0 Å². The van der Waals surface area contributed by atoms with Crippen LogP contribution in [0.2, 0.25) is 0 Å². The van der Waals surface area contributed by atoms with Crippen LogP contribution in [0, 0.1) is 0 Å². The number of hydrogen-bond donors (Lipinski definition) is 1. The summed E-state index contributed by atoms with van der Waals surface area (Å²) in [7, 11) is 0. The van der Waals surface area contributed by atoms with Gasteiger partial charge in [-0.3, -0.25) is 0 Å². The lowest BCUT2D eigenvalue weighted by Crippen LogP contribution is -2.55. The molecule has 1 saturated carbocycles. The Morgan fingerprint density at radius 2 is 1.79 bits per heavy atom. The monoisotopic (exact) mass is 334 g/mol. The first-order valence-corrected chi connectivity index (χ1v) is 9.02. The van der Waals surface area contributed by atoms with Gasteiger partial charge in [0, 0.05) is 12.8 Å². The van der Waals surface area contributed by atoms with Crippen LogP contribution in [0.3, 0.4) is 0 Å². The molecule has 132 valence electrons. The Morgan fingerprint density at radius 3 is 2.54 bits per heavy atom. The van der Waals surface area contributed by atoms with Gasteiger partial charge in [-0.2, -0.15) is 0 Å². The van der Waals surface area contributed by atoms with Gasteiger partial charge in [-0.05, 0) is 25.3 Å². The molecular formula is C19H26O5. The van der Waals surface area contributed by atoms with Crippen molar-refractivity contribution in [1.82, 2.24) is 0 Å². The number of aliphatic hydroxyl groups excluding tert-OH is 1. The van der Waals surface area contributed by atoms with E-state index < -0.39 is 18.2 Å². The van der Waals surface area contributed by atoms with E-state index in [2.05, 4.69) is 0 Å². The van der Waals surface area contributed by atoms with Crippen molar-refractivity contribution >= 4 is 0 Å². The normalized spacial score (nSPS) is 38.2. The fourth-order valence-electron chi connectivity index (χ4n) is 3.98. The molecule has 1 spiro atoms. The fourth-order valence-corrected chi connectivity index (χ4v) is 3.98. The molecule has 0 unspecified atom stereocenters. The van der Waals surface area contributed by atoms with Gasteiger partial charge in [0.2, 0.25) is 0 Å². The largest absolute Gasteiger partial charge is 0.388 e. The van der Waals surface area contributed by atoms with Crippen molar-refractivity contribution in [2.45, 2.75) is 82.1 Å². The summed E-state index contributed by atoms with van der Waals surface area (Å²) in [6, 6.07) is 10.00. The molecule has 3 fully saturated rings.